The van der Waals surface area contributed by atoms with E-state index in [-0.39, 0.29) is 5.91 Å². The highest BCUT2D eigenvalue weighted by molar-refractivity contribution is 5.93. The van der Waals surface area contributed by atoms with Gasteiger partial charge in [-0.25, -0.2) is 0 Å². The molecule has 1 amide bonds. The summed E-state index contributed by atoms with van der Waals surface area (Å²) >= 11 is 0. The van der Waals surface area contributed by atoms with E-state index in [1.165, 1.54) is 0 Å². The highest BCUT2D eigenvalue weighted by Gasteiger charge is 2.16. The van der Waals surface area contributed by atoms with Gasteiger partial charge in [0.25, 0.3) is 5.91 Å². The third kappa shape index (κ3) is 3.34. The predicted molar refractivity (Wildman–Crippen MR) is 71.1 cm³/mol. The zero-order valence-electron chi connectivity index (χ0n) is 11.1. The molecule has 2 rings (SSSR count). The molecule has 0 radical (unpaired) electrons. The summed E-state index contributed by atoms with van der Waals surface area (Å²) in [5.41, 5.74) is 0.986. The van der Waals surface area contributed by atoms with Crippen LogP contribution in [0.5, 0.6) is 5.75 Å². The minimum absolute atomic E-state index is 0.267. The van der Waals surface area contributed by atoms with E-state index in [1.54, 1.807) is 19.9 Å². The molecule has 1 atom stereocenters. The molecule has 1 N–H and O–H groups in total. The van der Waals surface area contributed by atoms with E-state index < -0.39 is 6.10 Å². The Kier molecular flexibility index (Phi) is 3.85. The number of rotatable bonds is 4. The van der Waals surface area contributed by atoms with Gasteiger partial charge in [0.15, 0.2) is 11.9 Å². The second-order valence-electron chi connectivity index (χ2n) is 4.34. The molecular formula is C14H16N2O3. The number of benzene rings is 1. The lowest BCUT2D eigenvalue weighted by Gasteiger charge is -2.15. The van der Waals surface area contributed by atoms with E-state index in [4.69, 9.17) is 9.26 Å². The van der Waals surface area contributed by atoms with Gasteiger partial charge in [0.05, 0.1) is 0 Å². The lowest BCUT2D eigenvalue weighted by atomic mass is 10.2. The third-order valence-electron chi connectivity index (χ3n) is 2.65. The molecule has 0 fully saturated rings. The van der Waals surface area contributed by atoms with Crippen LogP contribution in [0.4, 0.5) is 5.82 Å². The summed E-state index contributed by atoms with van der Waals surface area (Å²) in [6, 6.07) is 9.21. The first-order chi connectivity index (χ1) is 9.06. The first kappa shape index (κ1) is 13.1. The minimum Gasteiger partial charge on any atom is -0.481 e. The van der Waals surface area contributed by atoms with Crippen molar-refractivity contribution in [2.24, 2.45) is 0 Å². The van der Waals surface area contributed by atoms with Crippen LogP contribution in [-0.4, -0.2) is 17.2 Å². The van der Waals surface area contributed by atoms with Gasteiger partial charge in [-0.15, -0.1) is 0 Å². The first-order valence-electron chi connectivity index (χ1n) is 6.02. The lowest BCUT2D eigenvalue weighted by molar-refractivity contribution is -0.122. The molecule has 0 aliphatic heterocycles. The Bertz CT molecular complexity index is 578. The Morgan fingerprint density at radius 3 is 2.74 bits per heavy atom. The van der Waals surface area contributed by atoms with Crippen LogP contribution >= 0.6 is 0 Å². The molecule has 1 heterocycles. The summed E-state index contributed by atoms with van der Waals surface area (Å²) in [6.07, 6.45) is -0.613. The number of anilines is 1. The number of hydrogen-bond donors (Lipinski definition) is 1. The second kappa shape index (κ2) is 5.56. The van der Waals surface area contributed by atoms with E-state index in [0.29, 0.717) is 17.3 Å². The van der Waals surface area contributed by atoms with Gasteiger partial charge >= 0.3 is 0 Å². The van der Waals surface area contributed by atoms with Gasteiger partial charge in [-0.05, 0) is 32.4 Å². The number of nitrogens with one attached hydrogen (secondary N) is 1. The third-order valence-corrected chi connectivity index (χ3v) is 2.65. The van der Waals surface area contributed by atoms with E-state index in [2.05, 4.69) is 10.5 Å². The molecule has 0 spiro atoms. The summed E-state index contributed by atoms with van der Waals surface area (Å²) in [7, 11) is 0. The molecule has 5 heteroatoms. The topological polar surface area (TPSA) is 64.4 Å². The van der Waals surface area contributed by atoms with Crippen LogP contribution in [-0.2, 0) is 4.79 Å². The van der Waals surface area contributed by atoms with Crippen LogP contribution in [0.3, 0.4) is 0 Å². The zero-order chi connectivity index (χ0) is 13.8. The minimum atomic E-state index is -0.613. The van der Waals surface area contributed by atoms with Crippen LogP contribution in [0.2, 0.25) is 0 Å². The fraction of sp³-hybridized carbons (Fsp3) is 0.286. The summed E-state index contributed by atoms with van der Waals surface area (Å²) in [6.45, 7) is 5.38. The lowest BCUT2D eigenvalue weighted by Crippen LogP contribution is -2.30. The summed E-state index contributed by atoms with van der Waals surface area (Å²) in [5, 5.41) is 6.33. The van der Waals surface area contributed by atoms with Gasteiger partial charge in [-0.3, -0.25) is 4.79 Å². The molecule has 1 aromatic carbocycles. The fourth-order valence-electron chi connectivity index (χ4n) is 1.59. The Morgan fingerprint density at radius 1 is 1.37 bits per heavy atom. The van der Waals surface area contributed by atoms with Crippen molar-refractivity contribution in [3.63, 3.8) is 0 Å². The molecule has 0 aliphatic rings. The van der Waals surface area contributed by atoms with Gasteiger partial charge in [-0.2, -0.15) is 0 Å². The van der Waals surface area contributed by atoms with E-state index in [0.717, 1.165) is 5.56 Å². The fourth-order valence-corrected chi connectivity index (χ4v) is 1.59. The van der Waals surface area contributed by atoms with Gasteiger partial charge in [-0.1, -0.05) is 23.4 Å². The van der Waals surface area contributed by atoms with Crippen LogP contribution in [0.15, 0.2) is 34.9 Å². The molecule has 1 aromatic heterocycles. The first-order valence-corrected chi connectivity index (χ1v) is 6.02. The normalized spacial score (nSPS) is 11.9. The average Bonchev–Trinajstić information content (AvgIpc) is 2.77. The Labute approximate surface area is 111 Å². The molecule has 0 saturated carbocycles. The molecule has 2 aromatic rings. The number of carbonyl (C=O) groups is 1. The SMILES string of the molecule is Cc1cc(NC(=O)[C@H](C)Oc2ccccc2C)no1. The number of ether oxygens (including phenoxy) is 1. The van der Waals surface area contributed by atoms with Gasteiger partial charge in [0.2, 0.25) is 0 Å². The van der Waals surface area contributed by atoms with Crippen molar-refractivity contribution < 1.29 is 14.1 Å². The zero-order valence-corrected chi connectivity index (χ0v) is 11.1. The quantitative estimate of drug-likeness (QED) is 0.918. The molecular weight excluding hydrogens is 244 g/mol. The second-order valence-corrected chi connectivity index (χ2v) is 4.34. The molecule has 5 nitrogen and oxygen atoms in total. The van der Waals surface area contributed by atoms with Crippen LogP contribution in [0.1, 0.15) is 18.2 Å². The Hall–Kier alpha value is -2.30. The van der Waals surface area contributed by atoms with Crippen LogP contribution in [0.25, 0.3) is 0 Å². The average molecular weight is 260 g/mol. The standard InChI is InChI=1S/C14H16N2O3/c1-9-6-4-5-7-12(9)18-11(3)14(17)15-13-8-10(2)19-16-13/h4-8,11H,1-3H3,(H,15,16,17)/t11-/m0/s1. The van der Waals surface area contributed by atoms with Crippen molar-refractivity contribution in [2.75, 3.05) is 5.32 Å². The number of nitrogens with zero attached hydrogens (tertiary/aromatic N) is 1. The predicted octanol–water partition coefficient (Wildman–Crippen LogP) is 2.70. The van der Waals surface area contributed by atoms with Crippen molar-refractivity contribution in [1.82, 2.24) is 5.16 Å². The number of amides is 1. The number of hydrogen-bond acceptors (Lipinski definition) is 4. The molecule has 19 heavy (non-hydrogen) atoms. The molecule has 100 valence electrons. The van der Waals surface area contributed by atoms with Crippen LogP contribution < -0.4 is 10.1 Å². The summed E-state index contributed by atoms with van der Waals surface area (Å²) < 4.78 is 10.5. The Balaban J connectivity index is 1.98. The number of aryl methyl sites for hydroxylation is 2. The van der Waals surface area contributed by atoms with E-state index in [9.17, 15) is 4.79 Å². The van der Waals surface area contributed by atoms with Gasteiger partial charge in [0, 0.05) is 6.07 Å². The Morgan fingerprint density at radius 2 is 2.11 bits per heavy atom. The van der Waals surface area contributed by atoms with Gasteiger partial charge in [0.1, 0.15) is 11.5 Å². The molecule has 0 aliphatic carbocycles. The number of para-hydroxylation sites is 1. The van der Waals surface area contributed by atoms with Crippen molar-refractivity contribution in [2.45, 2.75) is 26.9 Å². The summed E-state index contributed by atoms with van der Waals surface area (Å²) in [4.78, 5) is 11.9. The van der Waals surface area contributed by atoms with E-state index in [1.807, 2.05) is 31.2 Å². The molecule has 0 bridgehead atoms. The maximum atomic E-state index is 11.9. The smallest absolute Gasteiger partial charge is 0.266 e. The highest BCUT2D eigenvalue weighted by Crippen LogP contribution is 2.18. The maximum absolute atomic E-state index is 11.9. The number of carbonyl (C=O) groups excluding carboxylic acids is 1. The molecule has 0 unspecified atom stereocenters. The van der Waals surface area contributed by atoms with Crippen molar-refractivity contribution >= 4 is 11.7 Å². The van der Waals surface area contributed by atoms with E-state index >= 15 is 0 Å². The van der Waals surface area contributed by atoms with Crippen LogP contribution in [0, 0.1) is 13.8 Å². The van der Waals surface area contributed by atoms with Crippen molar-refractivity contribution in [1.29, 1.82) is 0 Å². The van der Waals surface area contributed by atoms with Crippen molar-refractivity contribution in [3.05, 3.63) is 41.7 Å². The van der Waals surface area contributed by atoms with Gasteiger partial charge < -0.3 is 14.6 Å². The largest absolute Gasteiger partial charge is 0.481 e. The highest BCUT2D eigenvalue weighted by atomic mass is 16.5. The van der Waals surface area contributed by atoms with Crippen molar-refractivity contribution in [3.8, 4) is 5.75 Å². The number of aromatic nitrogens is 1. The summed E-state index contributed by atoms with van der Waals surface area (Å²) in [5.74, 6) is 1.46. The maximum Gasteiger partial charge on any atom is 0.266 e. The molecule has 0 saturated heterocycles. The monoisotopic (exact) mass is 260 g/mol.